The van der Waals surface area contributed by atoms with E-state index in [1.165, 1.54) is 24.6 Å². The Hall–Kier alpha value is -2.89. The Bertz CT molecular complexity index is 975. The lowest BCUT2D eigenvalue weighted by molar-refractivity contribution is 0.102. The number of benzene rings is 1. The first-order valence-corrected chi connectivity index (χ1v) is 10.5. The van der Waals surface area contributed by atoms with Crippen molar-refractivity contribution in [2.45, 2.75) is 24.2 Å². The number of hydrogen-bond donors (Lipinski definition) is 2. The molecule has 3 rings (SSSR count). The summed E-state index contributed by atoms with van der Waals surface area (Å²) in [5.74, 6) is 2.69. The molecule has 1 aromatic carbocycles. The van der Waals surface area contributed by atoms with Crippen LogP contribution in [0.2, 0.25) is 0 Å². The van der Waals surface area contributed by atoms with E-state index in [0.717, 1.165) is 31.7 Å². The van der Waals surface area contributed by atoms with Crippen molar-refractivity contribution in [3.05, 3.63) is 48.2 Å². The van der Waals surface area contributed by atoms with Gasteiger partial charge in [-0.3, -0.25) is 4.79 Å². The Balaban J connectivity index is 1.69. The zero-order valence-corrected chi connectivity index (χ0v) is 16.2. The Labute approximate surface area is 165 Å². The minimum absolute atomic E-state index is 0.0195. The first kappa shape index (κ1) is 19.9. The lowest BCUT2D eigenvalue weighted by Gasteiger charge is -2.27. The molecule has 7 nitrogen and oxygen atoms in total. The van der Waals surface area contributed by atoms with Crippen LogP contribution in [0.3, 0.4) is 0 Å². The molecule has 1 aliphatic heterocycles. The predicted molar refractivity (Wildman–Crippen MR) is 109 cm³/mol. The summed E-state index contributed by atoms with van der Waals surface area (Å²) in [6.45, 7) is 1.87. The van der Waals surface area contributed by atoms with Gasteiger partial charge in [0.1, 0.15) is 5.82 Å². The van der Waals surface area contributed by atoms with E-state index in [9.17, 15) is 13.2 Å². The second kappa shape index (κ2) is 8.87. The van der Waals surface area contributed by atoms with Crippen LogP contribution in [0.25, 0.3) is 0 Å². The topological polar surface area (TPSA) is 91.4 Å². The number of pyridine rings is 1. The number of carbonyl (C=O) groups is 1. The fraction of sp³-hybridized carbons (Fsp3) is 0.300. The number of piperidine rings is 1. The van der Waals surface area contributed by atoms with Crippen molar-refractivity contribution in [2.75, 3.05) is 29.9 Å². The highest BCUT2D eigenvalue weighted by molar-refractivity contribution is 7.89. The van der Waals surface area contributed by atoms with Crippen molar-refractivity contribution in [1.29, 1.82) is 0 Å². The zero-order chi connectivity index (χ0) is 20.0. The molecule has 0 aliphatic carbocycles. The molecular weight excluding hydrogens is 376 g/mol. The van der Waals surface area contributed by atoms with E-state index in [-0.39, 0.29) is 17.0 Å². The van der Waals surface area contributed by atoms with Crippen molar-refractivity contribution >= 4 is 27.4 Å². The number of sulfonamides is 1. The van der Waals surface area contributed by atoms with Crippen molar-refractivity contribution in [2.24, 2.45) is 0 Å². The second-order valence-electron chi connectivity index (χ2n) is 6.46. The van der Waals surface area contributed by atoms with Gasteiger partial charge in [0.25, 0.3) is 5.91 Å². The number of anilines is 2. The van der Waals surface area contributed by atoms with Gasteiger partial charge in [0.05, 0.1) is 23.3 Å². The third-order valence-electron chi connectivity index (χ3n) is 4.46. The molecule has 1 amide bonds. The molecule has 0 unspecified atom stereocenters. The normalized spacial score (nSPS) is 14.3. The minimum atomic E-state index is -3.76. The number of amides is 1. The van der Waals surface area contributed by atoms with Gasteiger partial charge in [-0.1, -0.05) is 12.0 Å². The van der Waals surface area contributed by atoms with Crippen LogP contribution in [0.15, 0.2) is 47.5 Å². The van der Waals surface area contributed by atoms with Gasteiger partial charge in [-0.05, 0) is 49.6 Å². The van der Waals surface area contributed by atoms with Crippen LogP contribution in [-0.2, 0) is 10.0 Å². The first-order chi connectivity index (χ1) is 13.5. The van der Waals surface area contributed by atoms with Gasteiger partial charge in [-0.15, -0.1) is 6.42 Å². The van der Waals surface area contributed by atoms with Gasteiger partial charge in [0.2, 0.25) is 10.0 Å². The van der Waals surface area contributed by atoms with E-state index >= 15 is 0 Å². The van der Waals surface area contributed by atoms with Crippen molar-refractivity contribution in [3.8, 4) is 12.3 Å². The molecule has 0 atom stereocenters. The molecule has 2 aromatic rings. The third kappa shape index (κ3) is 4.88. The number of hydrogen-bond acceptors (Lipinski definition) is 5. The molecule has 0 bridgehead atoms. The van der Waals surface area contributed by atoms with Crippen LogP contribution >= 0.6 is 0 Å². The summed E-state index contributed by atoms with van der Waals surface area (Å²) in [6, 6.07) is 9.45. The van der Waals surface area contributed by atoms with Gasteiger partial charge >= 0.3 is 0 Å². The molecule has 0 spiro atoms. The average Bonchev–Trinajstić information content (AvgIpc) is 2.73. The fourth-order valence-corrected chi connectivity index (χ4v) is 3.98. The maximum atomic E-state index is 12.5. The predicted octanol–water partition coefficient (Wildman–Crippen LogP) is 2.24. The molecule has 2 heterocycles. The van der Waals surface area contributed by atoms with Gasteiger partial charge in [0.15, 0.2) is 0 Å². The van der Waals surface area contributed by atoms with Crippen LogP contribution in [0, 0.1) is 12.3 Å². The van der Waals surface area contributed by atoms with Crippen LogP contribution in [0.5, 0.6) is 0 Å². The zero-order valence-electron chi connectivity index (χ0n) is 15.4. The summed E-state index contributed by atoms with van der Waals surface area (Å²) < 4.78 is 26.6. The molecule has 0 radical (unpaired) electrons. The van der Waals surface area contributed by atoms with Gasteiger partial charge in [-0.25, -0.2) is 13.4 Å². The Morgan fingerprint density at radius 3 is 2.64 bits per heavy atom. The second-order valence-corrected chi connectivity index (χ2v) is 8.23. The summed E-state index contributed by atoms with van der Waals surface area (Å²) in [7, 11) is -3.76. The van der Waals surface area contributed by atoms with E-state index in [4.69, 9.17) is 6.42 Å². The van der Waals surface area contributed by atoms with Crippen molar-refractivity contribution in [1.82, 2.24) is 9.71 Å². The molecule has 146 valence electrons. The van der Waals surface area contributed by atoms with E-state index < -0.39 is 15.9 Å². The van der Waals surface area contributed by atoms with Crippen LogP contribution in [0.1, 0.15) is 29.6 Å². The Morgan fingerprint density at radius 2 is 1.96 bits per heavy atom. The maximum absolute atomic E-state index is 12.5. The molecule has 1 saturated heterocycles. The standard InChI is InChI=1S/C20H22N4O3S/c1-2-11-22-28(26,27)18-8-6-7-16(14-18)20(25)23-17-9-10-19(21-15-17)24-12-4-3-5-13-24/h1,6-10,14-15,22H,3-5,11-13H2,(H,23,25). The summed E-state index contributed by atoms with van der Waals surface area (Å²) in [5.41, 5.74) is 0.771. The largest absolute Gasteiger partial charge is 0.357 e. The molecule has 0 saturated carbocycles. The van der Waals surface area contributed by atoms with Crippen LogP contribution < -0.4 is 14.9 Å². The third-order valence-corrected chi connectivity index (χ3v) is 5.86. The van der Waals surface area contributed by atoms with Gasteiger partial charge < -0.3 is 10.2 Å². The fourth-order valence-electron chi connectivity index (χ4n) is 3.00. The van der Waals surface area contributed by atoms with Crippen molar-refractivity contribution < 1.29 is 13.2 Å². The van der Waals surface area contributed by atoms with E-state index in [1.54, 1.807) is 18.3 Å². The minimum Gasteiger partial charge on any atom is -0.357 e. The summed E-state index contributed by atoms with van der Waals surface area (Å²) in [6.07, 6.45) is 10.3. The van der Waals surface area contributed by atoms with Crippen LogP contribution in [-0.4, -0.2) is 38.9 Å². The highest BCUT2D eigenvalue weighted by Gasteiger charge is 2.16. The maximum Gasteiger partial charge on any atom is 0.255 e. The molecule has 28 heavy (non-hydrogen) atoms. The van der Waals surface area contributed by atoms with E-state index in [1.807, 2.05) is 6.07 Å². The molecular formula is C20H22N4O3S. The van der Waals surface area contributed by atoms with Crippen LogP contribution in [0.4, 0.5) is 11.5 Å². The molecule has 2 N–H and O–H groups in total. The van der Waals surface area contributed by atoms with E-state index in [2.05, 4.69) is 25.8 Å². The highest BCUT2D eigenvalue weighted by Crippen LogP contribution is 2.19. The monoisotopic (exact) mass is 398 g/mol. The molecule has 1 aromatic heterocycles. The Morgan fingerprint density at radius 1 is 1.18 bits per heavy atom. The van der Waals surface area contributed by atoms with E-state index in [0.29, 0.717) is 5.69 Å². The summed E-state index contributed by atoms with van der Waals surface area (Å²) >= 11 is 0. The average molecular weight is 398 g/mol. The number of nitrogens with one attached hydrogen (secondary N) is 2. The van der Waals surface area contributed by atoms with Gasteiger partial charge in [0, 0.05) is 18.7 Å². The van der Waals surface area contributed by atoms with Gasteiger partial charge in [-0.2, -0.15) is 4.72 Å². The number of carbonyl (C=O) groups excluding carboxylic acids is 1. The first-order valence-electron chi connectivity index (χ1n) is 9.05. The summed E-state index contributed by atoms with van der Waals surface area (Å²) in [5, 5.41) is 2.74. The number of aromatic nitrogens is 1. The number of nitrogens with zero attached hydrogens (tertiary/aromatic N) is 2. The quantitative estimate of drug-likeness (QED) is 0.728. The summed E-state index contributed by atoms with van der Waals surface area (Å²) in [4.78, 5) is 19.1. The smallest absolute Gasteiger partial charge is 0.255 e. The Kier molecular flexibility index (Phi) is 6.29. The lowest BCUT2D eigenvalue weighted by atomic mass is 10.1. The molecule has 1 aliphatic rings. The van der Waals surface area contributed by atoms with Crippen molar-refractivity contribution in [3.63, 3.8) is 0 Å². The SMILES string of the molecule is C#CCNS(=O)(=O)c1cccc(C(=O)Nc2ccc(N3CCCCC3)nc2)c1. The molecule has 1 fully saturated rings. The molecule has 8 heteroatoms. The highest BCUT2D eigenvalue weighted by atomic mass is 32.2. The lowest BCUT2D eigenvalue weighted by Crippen LogP contribution is -2.30. The number of terminal acetylenes is 1. The number of rotatable bonds is 6.